The number of cyclic esters (lactones) is 1. The van der Waals surface area contributed by atoms with Gasteiger partial charge in [0.2, 0.25) is 53.2 Å². The SMILES string of the molecule is CCSSC[C@H](NC(=O)OC(C)(C)C)C(=O)NCCOCCOCC(=O)N[C@H](C(=O)N[C@@H](CC(=O)NC(c1ccccc1)(c1ccccc1)c1ccccc1)C(=O)N[C@H]1COC(=O)[C@H](CC(C)C)NC(=O)[C@H](CC(C)C)NC(=O)[C@H](Cc2ccccc2)NC(=O)[C@H](CC(C)=O)NC1=O)C(C)CC. The molecule has 4 aromatic carbocycles. The molecule has 0 radical (unpaired) electrons. The molecule has 0 aromatic heterocycles. The van der Waals surface area contributed by atoms with Crippen LogP contribution in [-0.4, -0.2) is 176 Å². The first-order valence-electron chi connectivity index (χ1n) is 34.5. The molecule has 1 heterocycles. The first-order valence-corrected chi connectivity index (χ1v) is 37.0. The highest BCUT2D eigenvalue weighted by atomic mass is 33.1. The second kappa shape index (κ2) is 42.5. The molecule has 0 saturated carbocycles. The number of esters is 1. The van der Waals surface area contributed by atoms with Crippen LogP contribution >= 0.6 is 21.6 Å². The Morgan fingerprint density at radius 2 is 1.10 bits per heavy atom. The standard InChI is InChI=1S/C74H102N10O16S2/c1-12-48(7)63(83-62(87)44-98-37-36-97-35-34-75-64(88)60(45-102-101-13-2)82-72(96)100-73(9,10)11)70(94)79-57(42-61(86)84-74(51-28-20-15-21-29-51,52-30-22-16-23-31-52)53-32-24-17-25-33-53)68(92)81-59-43-99-71(95)58(39-47(5)6)80-65(89)54(38-46(3)4)76-67(91)56(41-50-26-18-14-19-27-50)78-66(90)55(40-49(8)85)77-69(59)93/h14-33,46-48,54-60,63H,12-13,34-45H2,1-11H3,(H,75,88)(H,76,91)(H,77,93)(H,78,90)(H,79,94)(H,80,89)(H,81,92)(H,82,96)(H,83,87)(H,84,86)/t48?,54-,55-,56-,57-,58-,59-,60-,63-/m0/s1. The molecule has 26 nitrogen and oxygen atoms in total. The first kappa shape index (κ1) is 83.8. The first-order chi connectivity index (χ1) is 48.5. The molecule has 0 spiro atoms. The van der Waals surface area contributed by atoms with Crippen LogP contribution in [0.1, 0.15) is 131 Å². The highest BCUT2D eigenvalue weighted by Gasteiger charge is 2.42. The van der Waals surface area contributed by atoms with Crippen molar-refractivity contribution in [2.75, 3.05) is 51.1 Å². The summed E-state index contributed by atoms with van der Waals surface area (Å²) in [6.07, 6.45) is -1.88. The van der Waals surface area contributed by atoms with E-state index in [0.717, 1.165) is 5.75 Å². The maximum Gasteiger partial charge on any atom is 0.408 e. The van der Waals surface area contributed by atoms with E-state index in [1.807, 2.05) is 75.4 Å². The Labute approximate surface area is 605 Å². The van der Waals surface area contributed by atoms with Gasteiger partial charge in [0, 0.05) is 30.9 Å². The smallest absolute Gasteiger partial charge is 0.408 e. The Hall–Kier alpha value is -8.86. The molecule has 5 rings (SSSR count). The fourth-order valence-electron chi connectivity index (χ4n) is 11.0. The highest BCUT2D eigenvalue weighted by Crippen LogP contribution is 2.37. The van der Waals surface area contributed by atoms with Gasteiger partial charge in [-0.3, -0.25) is 47.9 Å². The van der Waals surface area contributed by atoms with E-state index in [4.69, 9.17) is 18.9 Å². The zero-order valence-corrected chi connectivity index (χ0v) is 61.8. The average molecular weight is 1450 g/mol. The molecule has 0 aliphatic carbocycles. The molecule has 1 saturated heterocycles. The predicted octanol–water partition coefficient (Wildman–Crippen LogP) is 5.24. The fraction of sp³-hybridized carbons (Fsp3) is 0.514. The number of carbonyl (C=O) groups excluding carboxylic acids is 12. The van der Waals surface area contributed by atoms with Gasteiger partial charge in [-0.05, 0) is 80.5 Å². The van der Waals surface area contributed by atoms with Crippen molar-refractivity contribution >= 4 is 92.6 Å². The highest BCUT2D eigenvalue weighted by molar-refractivity contribution is 8.76. The van der Waals surface area contributed by atoms with Crippen molar-refractivity contribution < 1.29 is 76.5 Å². The van der Waals surface area contributed by atoms with E-state index in [2.05, 4.69) is 53.2 Å². The van der Waals surface area contributed by atoms with Crippen molar-refractivity contribution in [2.45, 2.75) is 174 Å². The van der Waals surface area contributed by atoms with E-state index >= 15 is 9.59 Å². The lowest BCUT2D eigenvalue weighted by molar-refractivity contribution is -0.151. The fourth-order valence-corrected chi connectivity index (χ4v) is 12.8. The Bertz CT molecular complexity index is 3310. The number of hydrogen-bond acceptors (Lipinski definition) is 18. The van der Waals surface area contributed by atoms with Crippen molar-refractivity contribution in [3.63, 3.8) is 0 Å². The molecule has 1 aliphatic rings. The topological polar surface area (TPSA) is 362 Å². The van der Waals surface area contributed by atoms with Crippen LogP contribution in [0.25, 0.3) is 0 Å². The van der Waals surface area contributed by atoms with Crippen molar-refractivity contribution in [3.8, 4) is 0 Å². The van der Waals surface area contributed by atoms with E-state index in [1.54, 1.807) is 115 Å². The van der Waals surface area contributed by atoms with Crippen molar-refractivity contribution in [3.05, 3.63) is 144 Å². The van der Waals surface area contributed by atoms with Gasteiger partial charge in [-0.1, -0.05) is 198 Å². The van der Waals surface area contributed by atoms with E-state index in [9.17, 15) is 47.9 Å². The van der Waals surface area contributed by atoms with Crippen LogP contribution < -0.4 is 53.2 Å². The molecule has 1 unspecified atom stereocenters. The quantitative estimate of drug-likeness (QED) is 0.0122. The van der Waals surface area contributed by atoms with E-state index in [1.165, 1.54) is 28.5 Å². The normalized spacial score (nSPS) is 18.3. The molecule has 28 heteroatoms. The van der Waals surface area contributed by atoms with Gasteiger partial charge >= 0.3 is 12.1 Å². The minimum atomic E-state index is -1.96. The number of ketones is 1. The number of amides is 10. The summed E-state index contributed by atoms with van der Waals surface area (Å²) in [5, 5.41) is 27.1. The molecule has 1 fully saturated rings. The summed E-state index contributed by atoms with van der Waals surface area (Å²) in [5.41, 5.74) is 0.213. The predicted molar refractivity (Wildman–Crippen MR) is 389 cm³/mol. The molecule has 0 bridgehead atoms. The molecule has 10 N–H and O–H groups in total. The summed E-state index contributed by atoms with van der Waals surface area (Å²) in [7, 11) is 2.96. The third-order valence-electron chi connectivity index (χ3n) is 16.1. The number of Topliss-reactive ketones (excluding diaryl/α,β-unsaturated/α-hetero) is 1. The second-order valence-corrected chi connectivity index (χ2v) is 29.5. The molecular formula is C74H102N10O16S2. The van der Waals surface area contributed by atoms with Gasteiger partial charge in [0.15, 0.2) is 0 Å². The number of nitrogens with one attached hydrogen (secondary N) is 10. The van der Waals surface area contributed by atoms with Gasteiger partial charge in [-0.25, -0.2) is 9.59 Å². The average Bonchev–Trinajstić information content (AvgIpc) is 0.754. The minimum absolute atomic E-state index is 0.00927. The van der Waals surface area contributed by atoms with Crippen molar-refractivity contribution in [2.24, 2.45) is 17.8 Å². The number of carbonyl (C=O) groups is 12. The summed E-state index contributed by atoms with van der Waals surface area (Å²) in [6, 6.07) is 23.9. The van der Waals surface area contributed by atoms with Gasteiger partial charge in [-0.2, -0.15) is 0 Å². The Balaban J connectivity index is 1.48. The van der Waals surface area contributed by atoms with E-state index < -0.39 is 162 Å². The van der Waals surface area contributed by atoms with Crippen molar-refractivity contribution in [1.82, 2.24) is 53.2 Å². The van der Waals surface area contributed by atoms with Crippen molar-refractivity contribution in [1.29, 1.82) is 0 Å². The van der Waals surface area contributed by atoms with Gasteiger partial charge in [-0.15, -0.1) is 0 Å². The monoisotopic (exact) mass is 1450 g/mol. The zero-order valence-electron chi connectivity index (χ0n) is 60.1. The summed E-state index contributed by atoms with van der Waals surface area (Å²) in [5.74, 6) is -9.42. The summed E-state index contributed by atoms with van der Waals surface area (Å²) in [4.78, 5) is 171. The minimum Gasteiger partial charge on any atom is -0.461 e. The molecule has 4 aromatic rings. The lowest BCUT2D eigenvalue weighted by Crippen LogP contribution is -2.62. The number of ether oxygens (including phenoxy) is 4. The van der Waals surface area contributed by atoms with Crippen LogP contribution in [-0.2, 0) is 83.6 Å². The van der Waals surface area contributed by atoms with Crippen LogP contribution in [0.2, 0.25) is 0 Å². The maximum absolute atomic E-state index is 15.4. The maximum atomic E-state index is 15.4. The van der Waals surface area contributed by atoms with Gasteiger partial charge < -0.3 is 72.1 Å². The summed E-state index contributed by atoms with van der Waals surface area (Å²) >= 11 is 0. The van der Waals surface area contributed by atoms with Gasteiger partial charge in [0.05, 0.1) is 26.2 Å². The summed E-state index contributed by atoms with van der Waals surface area (Å²) < 4.78 is 22.4. The third-order valence-corrected chi connectivity index (χ3v) is 18.6. The van der Waals surface area contributed by atoms with Crippen LogP contribution in [0.5, 0.6) is 0 Å². The second-order valence-electron chi connectivity index (χ2n) is 26.7. The number of benzene rings is 4. The largest absolute Gasteiger partial charge is 0.461 e. The van der Waals surface area contributed by atoms with E-state index in [-0.39, 0.29) is 63.2 Å². The molecule has 10 amide bonds. The van der Waals surface area contributed by atoms with Gasteiger partial charge in [0.25, 0.3) is 0 Å². The zero-order chi connectivity index (χ0) is 74.9. The lowest BCUT2D eigenvalue weighted by atomic mass is 9.77. The summed E-state index contributed by atoms with van der Waals surface area (Å²) in [6.45, 7) is 17.5. The van der Waals surface area contributed by atoms with Crippen LogP contribution in [0, 0.1) is 17.8 Å². The van der Waals surface area contributed by atoms with Crippen LogP contribution in [0.3, 0.4) is 0 Å². The molecule has 556 valence electrons. The Morgan fingerprint density at radius 1 is 0.578 bits per heavy atom. The molecule has 102 heavy (non-hydrogen) atoms. The molecular weight excluding hydrogens is 1350 g/mol. The molecule has 9 atom stereocenters. The van der Waals surface area contributed by atoms with Gasteiger partial charge in [0.1, 0.15) is 78.5 Å². The number of rotatable bonds is 35. The molecule has 1 aliphatic heterocycles. The number of alkyl carbamates (subject to hydrolysis) is 1. The Morgan fingerprint density at radius 3 is 1.65 bits per heavy atom. The van der Waals surface area contributed by atoms with Crippen LogP contribution in [0.15, 0.2) is 121 Å². The number of hydrogen-bond donors (Lipinski definition) is 10. The lowest BCUT2D eigenvalue weighted by Gasteiger charge is -2.37. The Kier molecular flexibility index (Phi) is 34.9. The van der Waals surface area contributed by atoms with Crippen LogP contribution in [0.4, 0.5) is 4.79 Å². The van der Waals surface area contributed by atoms with E-state index in [0.29, 0.717) is 28.7 Å². The third kappa shape index (κ3) is 28.2.